The standard InChI is InChI=1S/C24H26N4O2S/c29-22(27-23-25-15-17-31-23)21-12-7-16-28(21)24(30)26-14-13-20(18-8-3-1-4-9-18)19-10-5-2-6-11-19/h1-6,8-11,15,17,20-21H,7,12-14,16H2,(H,26,30)(H,25,27,29)/t21-/m1/s1. The fraction of sp³-hybridized carbons (Fsp3) is 0.292. The minimum atomic E-state index is -0.456. The number of aromatic nitrogens is 1. The third kappa shape index (κ3) is 5.30. The lowest BCUT2D eigenvalue weighted by Gasteiger charge is -2.25. The summed E-state index contributed by atoms with van der Waals surface area (Å²) in [5.74, 6) is 0.0272. The first-order valence-corrected chi connectivity index (χ1v) is 11.4. The Kier molecular flexibility index (Phi) is 6.94. The molecule has 4 rings (SSSR count). The first-order chi connectivity index (χ1) is 15.2. The zero-order valence-electron chi connectivity index (χ0n) is 17.2. The molecule has 160 valence electrons. The number of carbonyl (C=O) groups is 2. The van der Waals surface area contributed by atoms with Gasteiger partial charge in [0.1, 0.15) is 6.04 Å². The van der Waals surface area contributed by atoms with E-state index in [0.717, 1.165) is 12.8 Å². The molecule has 0 bridgehead atoms. The second-order valence-corrected chi connectivity index (χ2v) is 8.47. The Hall–Kier alpha value is -3.19. The molecule has 2 heterocycles. The Morgan fingerprint density at radius 1 is 1.06 bits per heavy atom. The molecule has 7 heteroatoms. The highest BCUT2D eigenvalue weighted by atomic mass is 32.1. The summed E-state index contributed by atoms with van der Waals surface area (Å²) in [6.07, 6.45) is 3.92. The number of nitrogens with one attached hydrogen (secondary N) is 2. The lowest BCUT2D eigenvalue weighted by Crippen LogP contribution is -2.48. The summed E-state index contributed by atoms with van der Waals surface area (Å²) in [4.78, 5) is 31.2. The summed E-state index contributed by atoms with van der Waals surface area (Å²) >= 11 is 1.37. The molecule has 0 aliphatic carbocycles. The fourth-order valence-electron chi connectivity index (χ4n) is 4.08. The maximum absolute atomic E-state index is 12.8. The third-order valence-corrected chi connectivity index (χ3v) is 6.28. The van der Waals surface area contributed by atoms with Crippen molar-refractivity contribution in [3.05, 3.63) is 83.4 Å². The van der Waals surface area contributed by atoms with Gasteiger partial charge in [0.15, 0.2) is 5.13 Å². The second kappa shape index (κ2) is 10.2. The number of carbonyl (C=O) groups excluding carboxylic acids is 2. The second-order valence-electron chi connectivity index (χ2n) is 7.57. The van der Waals surface area contributed by atoms with Crippen LogP contribution in [0.3, 0.4) is 0 Å². The molecule has 1 aliphatic heterocycles. The van der Waals surface area contributed by atoms with Crippen molar-refractivity contribution in [1.29, 1.82) is 0 Å². The molecular formula is C24H26N4O2S. The van der Waals surface area contributed by atoms with Gasteiger partial charge in [-0.25, -0.2) is 9.78 Å². The summed E-state index contributed by atoms with van der Waals surface area (Å²) in [6, 6.07) is 20.0. The minimum absolute atomic E-state index is 0.172. The van der Waals surface area contributed by atoms with Crippen LogP contribution in [-0.4, -0.2) is 41.0 Å². The number of anilines is 1. The van der Waals surface area contributed by atoms with Crippen LogP contribution in [0.2, 0.25) is 0 Å². The van der Waals surface area contributed by atoms with Crippen LogP contribution in [0.1, 0.15) is 36.3 Å². The topological polar surface area (TPSA) is 74.3 Å². The van der Waals surface area contributed by atoms with Crippen molar-refractivity contribution >= 4 is 28.4 Å². The molecule has 6 nitrogen and oxygen atoms in total. The molecule has 1 atom stereocenters. The summed E-state index contributed by atoms with van der Waals surface area (Å²) in [5.41, 5.74) is 2.45. The normalized spacial score (nSPS) is 15.8. The SMILES string of the molecule is O=C(Nc1nccs1)[C@H]1CCCN1C(=O)NCCC(c1ccccc1)c1ccccc1. The summed E-state index contributed by atoms with van der Waals surface area (Å²) in [7, 11) is 0. The van der Waals surface area contributed by atoms with Crippen LogP contribution in [0.15, 0.2) is 72.2 Å². The molecule has 0 spiro atoms. The van der Waals surface area contributed by atoms with Gasteiger partial charge in [-0.05, 0) is 30.4 Å². The van der Waals surface area contributed by atoms with Crippen LogP contribution < -0.4 is 10.6 Å². The zero-order chi connectivity index (χ0) is 21.5. The van der Waals surface area contributed by atoms with Crippen molar-refractivity contribution in [2.45, 2.75) is 31.2 Å². The molecule has 2 aromatic carbocycles. The number of benzene rings is 2. The van der Waals surface area contributed by atoms with Crippen LogP contribution in [0.4, 0.5) is 9.93 Å². The largest absolute Gasteiger partial charge is 0.338 e. The Balaban J connectivity index is 1.36. The van der Waals surface area contributed by atoms with Gasteiger partial charge in [0, 0.05) is 30.6 Å². The lowest BCUT2D eigenvalue weighted by molar-refractivity contribution is -0.119. The summed E-state index contributed by atoms with van der Waals surface area (Å²) < 4.78 is 0. The smallest absolute Gasteiger partial charge is 0.318 e. The van der Waals surface area contributed by atoms with Crippen LogP contribution in [-0.2, 0) is 4.79 Å². The molecular weight excluding hydrogens is 408 g/mol. The average molecular weight is 435 g/mol. The number of nitrogens with zero attached hydrogens (tertiary/aromatic N) is 2. The van der Waals surface area contributed by atoms with Crippen molar-refractivity contribution in [1.82, 2.24) is 15.2 Å². The maximum Gasteiger partial charge on any atom is 0.318 e. The summed E-state index contributed by atoms with van der Waals surface area (Å²) in [6.45, 7) is 1.12. The highest BCUT2D eigenvalue weighted by Crippen LogP contribution is 2.27. The molecule has 0 radical (unpaired) electrons. The number of hydrogen-bond donors (Lipinski definition) is 2. The van der Waals surface area contributed by atoms with E-state index in [9.17, 15) is 9.59 Å². The first kappa shape index (κ1) is 21.1. The number of urea groups is 1. The van der Waals surface area contributed by atoms with Crippen LogP contribution in [0.5, 0.6) is 0 Å². The van der Waals surface area contributed by atoms with Gasteiger partial charge in [0.2, 0.25) is 5.91 Å². The van der Waals surface area contributed by atoms with Crippen molar-refractivity contribution < 1.29 is 9.59 Å². The maximum atomic E-state index is 12.8. The molecule has 2 N–H and O–H groups in total. The van der Waals surface area contributed by atoms with E-state index < -0.39 is 6.04 Å². The zero-order valence-corrected chi connectivity index (χ0v) is 18.1. The number of amides is 3. The number of rotatable bonds is 7. The minimum Gasteiger partial charge on any atom is -0.338 e. The molecule has 31 heavy (non-hydrogen) atoms. The fourth-order valence-corrected chi connectivity index (χ4v) is 4.61. The molecule has 3 aromatic rings. The van der Waals surface area contributed by atoms with Crippen molar-refractivity contribution in [2.75, 3.05) is 18.4 Å². The van der Waals surface area contributed by atoms with Gasteiger partial charge in [0.05, 0.1) is 0 Å². The quantitative estimate of drug-likeness (QED) is 0.576. The first-order valence-electron chi connectivity index (χ1n) is 10.6. The van der Waals surface area contributed by atoms with E-state index >= 15 is 0 Å². The van der Waals surface area contributed by atoms with Gasteiger partial charge in [-0.15, -0.1) is 11.3 Å². The predicted octanol–water partition coefficient (Wildman–Crippen LogP) is 4.48. The molecule has 0 unspecified atom stereocenters. The van der Waals surface area contributed by atoms with Crippen molar-refractivity contribution in [2.24, 2.45) is 0 Å². The number of likely N-dealkylation sites (tertiary alicyclic amines) is 1. The van der Waals surface area contributed by atoms with E-state index in [1.54, 1.807) is 11.1 Å². The molecule has 0 saturated carbocycles. The van der Waals surface area contributed by atoms with Gasteiger partial charge in [-0.1, -0.05) is 60.7 Å². The van der Waals surface area contributed by atoms with E-state index in [4.69, 9.17) is 0 Å². The molecule has 1 saturated heterocycles. The highest BCUT2D eigenvalue weighted by molar-refractivity contribution is 7.13. The Labute approximate surface area is 186 Å². The molecule has 3 amide bonds. The van der Waals surface area contributed by atoms with Gasteiger partial charge >= 0.3 is 6.03 Å². The van der Waals surface area contributed by atoms with Crippen molar-refractivity contribution in [3.63, 3.8) is 0 Å². The average Bonchev–Trinajstić information content (AvgIpc) is 3.50. The number of thiazole rings is 1. The van der Waals surface area contributed by atoms with Crippen LogP contribution >= 0.6 is 11.3 Å². The summed E-state index contributed by atoms with van der Waals surface area (Å²) in [5, 5.41) is 8.22. The van der Waals surface area contributed by atoms with E-state index in [-0.39, 0.29) is 17.9 Å². The molecule has 1 aromatic heterocycles. The van der Waals surface area contributed by atoms with E-state index in [1.807, 2.05) is 41.8 Å². The van der Waals surface area contributed by atoms with Crippen molar-refractivity contribution in [3.8, 4) is 0 Å². The highest BCUT2D eigenvalue weighted by Gasteiger charge is 2.34. The van der Waals surface area contributed by atoms with Gasteiger partial charge < -0.3 is 15.5 Å². The predicted molar refractivity (Wildman–Crippen MR) is 123 cm³/mol. The van der Waals surface area contributed by atoms with Crippen LogP contribution in [0, 0.1) is 0 Å². The Morgan fingerprint density at radius 2 is 1.74 bits per heavy atom. The molecule has 1 fully saturated rings. The van der Waals surface area contributed by atoms with Crippen LogP contribution in [0.25, 0.3) is 0 Å². The van der Waals surface area contributed by atoms with Gasteiger partial charge in [-0.2, -0.15) is 0 Å². The lowest BCUT2D eigenvalue weighted by atomic mass is 9.88. The van der Waals surface area contributed by atoms with E-state index in [1.165, 1.54) is 22.5 Å². The van der Waals surface area contributed by atoms with E-state index in [0.29, 0.717) is 24.6 Å². The van der Waals surface area contributed by atoms with Gasteiger partial charge in [0.25, 0.3) is 0 Å². The molecule has 1 aliphatic rings. The Bertz CT molecular complexity index is 940. The third-order valence-electron chi connectivity index (χ3n) is 5.59. The Morgan fingerprint density at radius 3 is 2.35 bits per heavy atom. The number of hydrogen-bond acceptors (Lipinski definition) is 4. The monoisotopic (exact) mass is 434 g/mol. The van der Waals surface area contributed by atoms with E-state index in [2.05, 4.69) is 39.9 Å². The van der Waals surface area contributed by atoms with Gasteiger partial charge in [-0.3, -0.25) is 4.79 Å².